The largest absolute Gasteiger partial charge is 0.311 e. The van der Waals surface area contributed by atoms with Crippen molar-refractivity contribution >= 4 is 44.9 Å². The second kappa shape index (κ2) is 6.44. The number of nitrogens with zero attached hydrogens (tertiary/aromatic N) is 4. The van der Waals surface area contributed by atoms with Crippen molar-refractivity contribution in [3.63, 3.8) is 0 Å². The summed E-state index contributed by atoms with van der Waals surface area (Å²) in [6, 6.07) is 2.14. The number of hydrogen-bond acceptors (Lipinski definition) is 8. The van der Waals surface area contributed by atoms with Crippen molar-refractivity contribution in [2.75, 3.05) is 12.0 Å². The minimum absolute atomic E-state index is 0.0971. The smallest absolute Gasteiger partial charge is 0.167 e. The Kier molecular flexibility index (Phi) is 4.26. The van der Waals surface area contributed by atoms with Crippen molar-refractivity contribution < 1.29 is 0 Å². The Morgan fingerprint density at radius 3 is 2.96 bits per heavy atom. The van der Waals surface area contributed by atoms with Crippen LogP contribution in [0, 0.1) is 0 Å². The third kappa shape index (κ3) is 3.42. The van der Waals surface area contributed by atoms with Gasteiger partial charge < -0.3 is 5.32 Å². The zero-order valence-corrected chi connectivity index (χ0v) is 16.1. The summed E-state index contributed by atoms with van der Waals surface area (Å²) in [7, 11) is 0. The van der Waals surface area contributed by atoms with E-state index in [1.54, 1.807) is 35.2 Å². The van der Waals surface area contributed by atoms with E-state index in [9.17, 15) is 0 Å². The van der Waals surface area contributed by atoms with Gasteiger partial charge in [-0.3, -0.25) is 5.43 Å². The molecule has 0 aliphatic carbocycles. The molecule has 25 heavy (non-hydrogen) atoms. The van der Waals surface area contributed by atoms with E-state index in [1.165, 1.54) is 15.4 Å². The van der Waals surface area contributed by atoms with Crippen molar-refractivity contribution in [2.24, 2.45) is 5.10 Å². The summed E-state index contributed by atoms with van der Waals surface area (Å²) < 4.78 is 1.03. The summed E-state index contributed by atoms with van der Waals surface area (Å²) in [5, 5.41) is 8.64. The molecular weight excluding hydrogens is 352 g/mol. The van der Waals surface area contributed by atoms with Crippen LogP contribution in [-0.2, 0) is 18.4 Å². The van der Waals surface area contributed by atoms with Gasteiger partial charge in [0.05, 0.1) is 22.1 Å². The molecular formula is C17H20N6S2. The standard InChI is InChI=1S/C17H20N6S2/c1-17(2,3)13-6-11-15(25-13)16(20-9-19-11)23-21-8-14-22-10-4-5-18-7-12(10)24-14/h6,8-9,18H,4-5,7H2,1-3H3,(H,19,20,23). The molecule has 1 aliphatic rings. The average molecular weight is 373 g/mol. The predicted octanol–water partition coefficient (Wildman–Crippen LogP) is 3.54. The molecule has 0 unspecified atom stereocenters. The van der Waals surface area contributed by atoms with Crippen LogP contribution in [0.25, 0.3) is 10.2 Å². The van der Waals surface area contributed by atoms with Gasteiger partial charge in [-0.05, 0) is 11.5 Å². The Labute approximate surface area is 154 Å². The number of rotatable bonds is 3. The summed E-state index contributed by atoms with van der Waals surface area (Å²) >= 11 is 3.40. The lowest BCUT2D eigenvalue weighted by molar-refractivity contribution is 0.604. The number of hydrazone groups is 1. The lowest BCUT2D eigenvalue weighted by Gasteiger charge is -2.14. The molecule has 8 heteroatoms. The van der Waals surface area contributed by atoms with E-state index >= 15 is 0 Å². The Balaban J connectivity index is 1.56. The van der Waals surface area contributed by atoms with E-state index in [0.29, 0.717) is 0 Å². The van der Waals surface area contributed by atoms with Crippen LogP contribution in [0.3, 0.4) is 0 Å². The summed E-state index contributed by atoms with van der Waals surface area (Å²) in [5.74, 6) is 0.740. The first kappa shape index (κ1) is 16.6. The molecule has 0 saturated heterocycles. The van der Waals surface area contributed by atoms with Crippen molar-refractivity contribution in [3.05, 3.63) is 32.8 Å². The SMILES string of the molecule is CC(C)(C)c1cc2ncnc(NN=Cc3nc4c(s3)CNCC4)c2s1. The zero-order chi connectivity index (χ0) is 17.4. The molecule has 0 saturated carbocycles. The number of hydrogen-bond donors (Lipinski definition) is 2. The van der Waals surface area contributed by atoms with E-state index in [1.807, 2.05) is 0 Å². The van der Waals surface area contributed by atoms with Gasteiger partial charge in [-0.25, -0.2) is 15.0 Å². The van der Waals surface area contributed by atoms with Crippen molar-refractivity contribution in [3.8, 4) is 0 Å². The summed E-state index contributed by atoms with van der Waals surface area (Å²) in [4.78, 5) is 16.0. The highest BCUT2D eigenvalue weighted by atomic mass is 32.1. The zero-order valence-electron chi connectivity index (χ0n) is 14.5. The van der Waals surface area contributed by atoms with Crippen molar-refractivity contribution in [1.82, 2.24) is 20.3 Å². The quantitative estimate of drug-likeness (QED) is 0.543. The fraction of sp³-hybridized carbons (Fsp3) is 0.412. The molecule has 4 heterocycles. The van der Waals surface area contributed by atoms with E-state index in [4.69, 9.17) is 0 Å². The maximum Gasteiger partial charge on any atom is 0.167 e. The lowest BCUT2D eigenvalue weighted by atomic mass is 9.95. The fourth-order valence-electron chi connectivity index (χ4n) is 2.65. The van der Waals surface area contributed by atoms with E-state index in [-0.39, 0.29) is 5.41 Å². The normalized spacial score (nSPS) is 15.0. The first-order chi connectivity index (χ1) is 12.0. The maximum absolute atomic E-state index is 4.64. The van der Waals surface area contributed by atoms with Crippen molar-refractivity contribution in [1.29, 1.82) is 0 Å². The van der Waals surface area contributed by atoms with Crippen LogP contribution in [0.5, 0.6) is 0 Å². The molecule has 3 aromatic rings. The van der Waals surface area contributed by atoms with Gasteiger partial charge in [-0.2, -0.15) is 5.10 Å². The van der Waals surface area contributed by atoms with Gasteiger partial charge in [0.15, 0.2) is 5.82 Å². The Morgan fingerprint density at radius 2 is 2.16 bits per heavy atom. The number of thiophene rings is 1. The molecule has 3 aromatic heterocycles. The molecule has 6 nitrogen and oxygen atoms in total. The van der Waals surface area contributed by atoms with Gasteiger partial charge in [0, 0.05) is 29.3 Å². The maximum atomic E-state index is 4.64. The predicted molar refractivity (Wildman–Crippen MR) is 105 cm³/mol. The van der Waals surface area contributed by atoms with Crippen LogP contribution in [0.4, 0.5) is 5.82 Å². The Hall–Kier alpha value is -1.90. The van der Waals surface area contributed by atoms with Crippen LogP contribution < -0.4 is 10.7 Å². The average Bonchev–Trinajstić information content (AvgIpc) is 3.18. The highest BCUT2D eigenvalue weighted by molar-refractivity contribution is 7.19. The third-order valence-corrected chi connectivity index (χ3v) is 6.60. The van der Waals surface area contributed by atoms with Crippen LogP contribution in [0.1, 0.15) is 41.2 Å². The fourth-order valence-corrected chi connectivity index (χ4v) is 4.71. The monoisotopic (exact) mass is 372 g/mol. The molecule has 130 valence electrons. The van der Waals surface area contributed by atoms with Crippen LogP contribution in [-0.4, -0.2) is 27.7 Å². The molecule has 4 rings (SSSR count). The molecule has 0 spiro atoms. The van der Waals surface area contributed by atoms with E-state index in [2.05, 4.69) is 57.6 Å². The molecule has 2 N–H and O–H groups in total. The van der Waals surface area contributed by atoms with Gasteiger partial charge in [0.25, 0.3) is 0 Å². The molecule has 0 atom stereocenters. The van der Waals surface area contributed by atoms with Crippen molar-refractivity contribution in [2.45, 2.75) is 39.2 Å². The highest BCUT2D eigenvalue weighted by Gasteiger charge is 2.19. The Bertz CT molecular complexity index is 911. The number of aromatic nitrogens is 3. The first-order valence-electron chi connectivity index (χ1n) is 8.24. The minimum atomic E-state index is 0.0971. The number of anilines is 1. The third-order valence-electron chi connectivity index (χ3n) is 4.01. The second-order valence-corrected chi connectivity index (χ2v) is 9.18. The van der Waals surface area contributed by atoms with Gasteiger partial charge in [-0.1, -0.05) is 20.8 Å². The minimum Gasteiger partial charge on any atom is -0.311 e. The summed E-state index contributed by atoms with van der Waals surface area (Å²) in [6.45, 7) is 8.52. The molecule has 0 fully saturated rings. The molecule has 0 aromatic carbocycles. The lowest BCUT2D eigenvalue weighted by Crippen LogP contribution is -2.22. The number of fused-ring (bicyclic) bond motifs is 2. The number of nitrogens with one attached hydrogen (secondary N) is 2. The molecule has 0 radical (unpaired) electrons. The van der Waals surface area contributed by atoms with Gasteiger partial charge in [-0.15, -0.1) is 22.7 Å². The Morgan fingerprint density at radius 1 is 1.28 bits per heavy atom. The van der Waals surface area contributed by atoms with E-state index < -0.39 is 0 Å². The molecule has 0 bridgehead atoms. The molecule has 1 aliphatic heterocycles. The second-order valence-electron chi connectivity index (χ2n) is 7.02. The van der Waals surface area contributed by atoms with E-state index in [0.717, 1.165) is 40.6 Å². The van der Waals surface area contributed by atoms with Crippen LogP contribution in [0.15, 0.2) is 17.5 Å². The number of thiazole rings is 1. The van der Waals surface area contributed by atoms with Crippen LogP contribution in [0.2, 0.25) is 0 Å². The van der Waals surface area contributed by atoms with Gasteiger partial charge in [0.2, 0.25) is 0 Å². The van der Waals surface area contributed by atoms with Gasteiger partial charge >= 0.3 is 0 Å². The summed E-state index contributed by atoms with van der Waals surface area (Å²) in [6.07, 6.45) is 4.34. The first-order valence-corrected chi connectivity index (χ1v) is 9.87. The summed E-state index contributed by atoms with van der Waals surface area (Å²) in [5.41, 5.74) is 5.31. The van der Waals surface area contributed by atoms with Crippen LogP contribution >= 0.6 is 22.7 Å². The highest BCUT2D eigenvalue weighted by Crippen LogP contribution is 2.35. The molecule has 0 amide bonds. The topological polar surface area (TPSA) is 75.1 Å². The van der Waals surface area contributed by atoms with Gasteiger partial charge in [0.1, 0.15) is 11.3 Å².